The molecule has 2 fully saturated rings. The lowest BCUT2D eigenvalue weighted by molar-refractivity contribution is 0.126. The van der Waals surface area contributed by atoms with Crippen LogP contribution >= 0.6 is 11.8 Å². The van der Waals surface area contributed by atoms with Gasteiger partial charge in [0.05, 0.1) is 29.7 Å². The Hall–Kier alpha value is -2.22. The number of aliphatic hydroxyl groups is 1. The number of aliphatic hydroxyl groups excluding tert-OH is 1. The lowest BCUT2D eigenvalue weighted by Crippen LogP contribution is -2.52. The Morgan fingerprint density at radius 1 is 1.17 bits per heavy atom. The fourth-order valence-corrected chi connectivity index (χ4v) is 8.37. The van der Waals surface area contributed by atoms with Crippen molar-refractivity contribution < 1.29 is 17.9 Å². The molecule has 0 radical (unpaired) electrons. The van der Waals surface area contributed by atoms with Crippen LogP contribution in [0.2, 0.25) is 0 Å². The van der Waals surface area contributed by atoms with Crippen molar-refractivity contribution in [2.45, 2.75) is 58.2 Å². The van der Waals surface area contributed by atoms with E-state index in [0.717, 1.165) is 22.7 Å². The van der Waals surface area contributed by atoms with E-state index >= 15 is 0 Å². The molecule has 0 unspecified atom stereocenters. The Labute approximate surface area is 247 Å². The van der Waals surface area contributed by atoms with Crippen molar-refractivity contribution in [2.24, 2.45) is 5.73 Å². The van der Waals surface area contributed by atoms with Crippen LogP contribution in [0.5, 0.6) is 0 Å². The summed E-state index contributed by atoms with van der Waals surface area (Å²) in [5.74, 6) is -0.260. The Balaban J connectivity index is 1.37. The monoisotopic (exact) mass is 606 g/mol. The molecule has 9 nitrogen and oxygen atoms in total. The van der Waals surface area contributed by atoms with E-state index in [1.54, 1.807) is 35.8 Å². The van der Waals surface area contributed by atoms with Crippen molar-refractivity contribution >= 4 is 21.8 Å². The summed E-state index contributed by atoms with van der Waals surface area (Å²) < 4.78 is 44.8. The van der Waals surface area contributed by atoms with Gasteiger partial charge in [-0.2, -0.15) is 4.31 Å². The van der Waals surface area contributed by atoms with Crippen LogP contribution in [0.25, 0.3) is 0 Å². The van der Waals surface area contributed by atoms with Gasteiger partial charge in [-0.1, -0.05) is 43.0 Å². The lowest BCUT2D eigenvalue weighted by Gasteiger charge is -2.40. The fourth-order valence-electron chi connectivity index (χ4n) is 5.29. The molecule has 0 bridgehead atoms. The number of allylic oxidation sites excluding steroid dienone is 2. The second-order valence-electron chi connectivity index (χ2n) is 10.9. The molecule has 3 N–H and O–H groups in total. The van der Waals surface area contributed by atoms with Gasteiger partial charge < -0.3 is 20.3 Å². The number of halogens is 1. The molecule has 2 aliphatic heterocycles. The zero-order chi connectivity index (χ0) is 29.6. The Bertz CT molecular complexity index is 1310. The van der Waals surface area contributed by atoms with Crippen LogP contribution in [0.4, 0.5) is 4.39 Å². The van der Waals surface area contributed by atoms with Gasteiger partial charge in [0.1, 0.15) is 10.1 Å². The van der Waals surface area contributed by atoms with E-state index in [1.165, 1.54) is 23.9 Å². The molecule has 1 aromatic heterocycles. The minimum absolute atomic E-state index is 0.000715. The number of piperidine rings is 1. The second kappa shape index (κ2) is 13.8. The number of likely N-dealkylation sites (tertiary alicyclic amines) is 1. The molecule has 2 saturated heterocycles. The zero-order valence-corrected chi connectivity index (χ0v) is 25.9. The highest BCUT2D eigenvalue weighted by Crippen LogP contribution is 2.36. The number of rotatable bonds is 11. The second-order valence-corrected chi connectivity index (χ2v) is 14.1. The first-order chi connectivity index (χ1) is 19.6. The SMILES string of the molecule is C/C=C(\S/C(=C\CC)N1CCC(N)(CO)CC1)S(=O)(=O)N1CCN(Cc2cncn2[C@H](C)c2ccc(F)cc2)CC1. The van der Waals surface area contributed by atoms with Gasteiger partial charge in [-0.25, -0.2) is 17.8 Å². The Morgan fingerprint density at radius 2 is 1.83 bits per heavy atom. The van der Waals surface area contributed by atoms with Gasteiger partial charge in [0.2, 0.25) is 10.0 Å². The predicted molar refractivity (Wildman–Crippen MR) is 163 cm³/mol. The molecular formula is C29H43FN6O3S2. The third-order valence-electron chi connectivity index (χ3n) is 8.03. The van der Waals surface area contributed by atoms with Crippen molar-refractivity contribution in [2.75, 3.05) is 45.9 Å². The normalized spacial score (nSPS) is 20.4. The summed E-state index contributed by atoms with van der Waals surface area (Å²) >= 11 is 1.30. The molecule has 226 valence electrons. The molecule has 41 heavy (non-hydrogen) atoms. The molecule has 12 heteroatoms. The van der Waals surface area contributed by atoms with E-state index in [9.17, 15) is 17.9 Å². The summed E-state index contributed by atoms with van der Waals surface area (Å²) in [5.41, 5.74) is 7.72. The van der Waals surface area contributed by atoms with Crippen LogP contribution in [0.1, 0.15) is 57.3 Å². The van der Waals surface area contributed by atoms with E-state index in [-0.39, 0.29) is 18.5 Å². The number of nitrogens with zero attached hydrogens (tertiary/aromatic N) is 5. The lowest BCUT2D eigenvalue weighted by atomic mass is 9.90. The number of hydrogen-bond acceptors (Lipinski definition) is 8. The Kier molecular flexibility index (Phi) is 10.7. The number of sulfonamides is 1. The van der Waals surface area contributed by atoms with Crippen molar-refractivity contribution in [1.82, 2.24) is 23.7 Å². The molecule has 4 rings (SSSR count). The fraction of sp³-hybridized carbons (Fsp3) is 0.552. The van der Waals surface area contributed by atoms with Gasteiger partial charge in [-0.15, -0.1) is 0 Å². The van der Waals surface area contributed by atoms with Crippen LogP contribution in [-0.2, 0) is 16.6 Å². The van der Waals surface area contributed by atoms with Crippen LogP contribution in [0.3, 0.4) is 0 Å². The number of hydrogen-bond donors (Lipinski definition) is 2. The van der Waals surface area contributed by atoms with Gasteiger partial charge in [-0.05, 0) is 50.8 Å². The highest BCUT2D eigenvalue weighted by atomic mass is 32.3. The average molecular weight is 607 g/mol. The summed E-state index contributed by atoms with van der Waals surface area (Å²) in [4.78, 5) is 8.78. The molecule has 0 saturated carbocycles. The minimum atomic E-state index is -3.65. The van der Waals surface area contributed by atoms with E-state index in [4.69, 9.17) is 5.73 Å². The first-order valence-electron chi connectivity index (χ1n) is 14.3. The summed E-state index contributed by atoms with van der Waals surface area (Å²) in [6.07, 6.45) is 9.50. The summed E-state index contributed by atoms with van der Waals surface area (Å²) in [6, 6.07) is 6.51. The molecule has 0 aliphatic carbocycles. The largest absolute Gasteiger partial charge is 0.394 e. The van der Waals surface area contributed by atoms with Gasteiger partial charge >= 0.3 is 0 Å². The van der Waals surface area contributed by atoms with Crippen molar-refractivity contribution in [1.29, 1.82) is 0 Å². The smallest absolute Gasteiger partial charge is 0.249 e. The molecule has 1 aromatic carbocycles. The number of thioether (sulfide) groups is 1. The maximum absolute atomic E-state index is 13.7. The molecule has 1 atom stereocenters. The topological polar surface area (TPSA) is 108 Å². The quantitative estimate of drug-likeness (QED) is 0.399. The molecule has 3 heterocycles. The Morgan fingerprint density at radius 3 is 2.41 bits per heavy atom. The molecule has 0 amide bonds. The van der Waals surface area contributed by atoms with Gasteiger partial charge in [0, 0.05) is 57.5 Å². The van der Waals surface area contributed by atoms with Crippen LogP contribution in [-0.4, -0.2) is 88.6 Å². The first kappa shape index (κ1) is 31.7. The van der Waals surface area contributed by atoms with Gasteiger partial charge in [-0.3, -0.25) is 4.90 Å². The first-order valence-corrected chi connectivity index (χ1v) is 16.5. The number of imidazole rings is 1. The zero-order valence-electron chi connectivity index (χ0n) is 24.2. The summed E-state index contributed by atoms with van der Waals surface area (Å²) in [7, 11) is -3.65. The van der Waals surface area contributed by atoms with E-state index in [0.29, 0.717) is 62.9 Å². The van der Waals surface area contributed by atoms with Crippen LogP contribution in [0, 0.1) is 5.82 Å². The summed E-state index contributed by atoms with van der Waals surface area (Å²) in [6.45, 7) is 9.89. The number of piperazine rings is 1. The summed E-state index contributed by atoms with van der Waals surface area (Å²) in [5, 5.41) is 10.5. The third kappa shape index (κ3) is 7.60. The number of benzene rings is 1. The third-order valence-corrected chi connectivity index (χ3v) is 11.8. The van der Waals surface area contributed by atoms with Gasteiger partial charge in [0.25, 0.3) is 0 Å². The minimum Gasteiger partial charge on any atom is -0.394 e. The number of nitrogens with two attached hydrogens (primary N) is 1. The van der Waals surface area contributed by atoms with Crippen molar-refractivity contribution in [3.05, 3.63) is 75.3 Å². The highest BCUT2D eigenvalue weighted by Gasteiger charge is 2.34. The van der Waals surface area contributed by atoms with E-state index < -0.39 is 15.6 Å². The van der Waals surface area contributed by atoms with Crippen molar-refractivity contribution in [3.8, 4) is 0 Å². The predicted octanol–water partition coefficient (Wildman–Crippen LogP) is 3.71. The highest BCUT2D eigenvalue weighted by molar-refractivity contribution is 8.20. The standard InChI is InChI=1S/C29H43FN6O3S2/c1-4-6-27(34-13-11-29(31,21-37)12-14-34)40-28(5-2)41(38,39)35-17-15-33(16-18-35)20-26-19-32-22-36(26)23(3)24-7-9-25(30)10-8-24/h5-10,19,22-23,37H,4,11-18,20-21,31H2,1-3H3/b27-6-,28-5+/t23-/m1/s1. The average Bonchev–Trinajstić information content (AvgIpc) is 3.44. The maximum atomic E-state index is 13.7. The molecule has 2 aliphatic rings. The molecule has 0 spiro atoms. The van der Waals surface area contributed by atoms with Crippen LogP contribution in [0.15, 0.2) is 58.2 Å². The van der Waals surface area contributed by atoms with Crippen molar-refractivity contribution in [3.63, 3.8) is 0 Å². The van der Waals surface area contributed by atoms with Crippen LogP contribution < -0.4 is 5.73 Å². The number of aromatic nitrogens is 2. The van der Waals surface area contributed by atoms with E-state index in [1.807, 2.05) is 13.1 Å². The molecular weight excluding hydrogens is 563 g/mol. The van der Waals surface area contributed by atoms with E-state index in [2.05, 4.69) is 32.4 Å². The maximum Gasteiger partial charge on any atom is 0.249 e. The van der Waals surface area contributed by atoms with Gasteiger partial charge in [0.15, 0.2) is 0 Å². The molecule has 2 aromatic rings.